The van der Waals surface area contributed by atoms with Crippen molar-refractivity contribution in [3.8, 4) is 5.75 Å². The van der Waals surface area contributed by atoms with Crippen LogP contribution in [0.25, 0.3) is 0 Å². The number of hydrogen-bond acceptors (Lipinski definition) is 3. The molecule has 1 saturated heterocycles. The van der Waals surface area contributed by atoms with Gasteiger partial charge >= 0.3 is 0 Å². The van der Waals surface area contributed by atoms with Crippen LogP contribution in [0, 0.1) is 6.92 Å². The average Bonchev–Trinajstić information content (AvgIpc) is 3.03. The second kappa shape index (κ2) is 11.0. The molecule has 0 bridgehead atoms. The molecule has 1 aliphatic rings. The Labute approximate surface area is 161 Å². The molecule has 1 aromatic rings. The first-order chi connectivity index (χ1) is 10.7. The van der Waals surface area contributed by atoms with E-state index < -0.39 is 0 Å². The molecule has 0 radical (unpaired) electrons. The van der Waals surface area contributed by atoms with Gasteiger partial charge in [0.2, 0.25) is 0 Å². The van der Waals surface area contributed by atoms with Crippen LogP contribution in [0.2, 0.25) is 0 Å². The summed E-state index contributed by atoms with van der Waals surface area (Å²) < 4.78 is 5.30. The summed E-state index contributed by atoms with van der Waals surface area (Å²) >= 11 is 2.06. The molecule has 1 fully saturated rings. The number of hydrogen-bond donors (Lipinski definition) is 2. The maximum atomic E-state index is 5.30. The molecular formula is C17H28IN3OS. The molecule has 130 valence electrons. The molecule has 6 heteroatoms. The van der Waals surface area contributed by atoms with Gasteiger partial charge in [0.25, 0.3) is 0 Å². The van der Waals surface area contributed by atoms with Gasteiger partial charge in [0, 0.05) is 18.3 Å². The lowest BCUT2D eigenvalue weighted by molar-refractivity contribution is 0.411. The van der Waals surface area contributed by atoms with Gasteiger partial charge in [0.1, 0.15) is 5.75 Å². The largest absolute Gasteiger partial charge is 0.496 e. The fraction of sp³-hybridized carbons (Fsp3) is 0.588. The van der Waals surface area contributed by atoms with E-state index in [9.17, 15) is 0 Å². The number of methoxy groups -OCH3 is 1. The van der Waals surface area contributed by atoms with Crippen molar-refractivity contribution in [3.63, 3.8) is 0 Å². The van der Waals surface area contributed by atoms with E-state index >= 15 is 0 Å². The van der Waals surface area contributed by atoms with E-state index in [1.54, 1.807) is 7.11 Å². The number of aryl methyl sites for hydroxylation is 1. The van der Waals surface area contributed by atoms with E-state index in [1.165, 1.54) is 24.2 Å². The van der Waals surface area contributed by atoms with Crippen LogP contribution >= 0.6 is 35.7 Å². The lowest BCUT2D eigenvalue weighted by atomic mass is 10.1. The number of nitrogens with one attached hydrogen (secondary N) is 2. The van der Waals surface area contributed by atoms with Crippen molar-refractivity contribution in [2.24, 2.45) is 4.99 Å². The van der Waals surface area contributed by atoms with Gasteiger partial charge in [-0.05, 0) is 49.6 Å². The second-order valence-corrected chi connectivity index (χ2v) is 6.92. The lowest BCUT2D eigenvalue weighted by Crippen LogP contribution is -2.40. The molecule has 0 aliphatic carbocycles. The van der Waals surface area contributed by atoms with Crippen LogP contribution in [0.3, 0.4) is 0 Å². The Kier molecular flexibility index (Phi) is 9.78. The van der Waals surface area contributed by atoms with Crippen molar-refractivity contribution in [3.05, 3.63) is 29.3 Å². The van der Waals surface area contributed by atoms with E-state index in [0.717, 1.165) is 35.6 Å². The highest BCUT2D eigenvalue weighted by molar-refractivity contribution is 14.0. The second-order valence-electron chi connectivity index (χ2n) is 5.52. The lowest BCUT2D eigenvalue weighted by Gasteiger charge is -2.14. The molecule has 0 spiro atoms. The standard InChI is InChI=1S/C17H27N3OS.HI/c1-4-18-17(20-12-15-6-5-9-22-15)19-11-14-7-8-16(21-3)13(2)10-14;/h7-8,10,15H,4-6,9,11-12H2,1-3H3,(H2,18,19,20);1H. The van der Waals surface area contributed by atoms with Crippen molar-refractivity contribution in [2.45, 2.75) is 38.5 Å². The zero-order valence-corrected chi connectivity index (χ0v) is 17.4. The minimum absolute atomic E-state index is 0. The molecule has 1 aromatic carbocycles. The Hall–Kier alpha value is -0.630. The number of aliphatic imine (C=N–C) groups is 1. The summed E-state index contributed by atoms with van der Waals surface area (Å²) in [5, 5.41) is 7.51. The van der Waals surface area contributed by atoms with Crippen LogP contribution in [0.15, 0.2) is 23.2 Å². The van der Waals surface area contributed by atoms with Crippen molar-refractivity contribution in [1.82, 2.24) is 10.6 Å². The SMILES string of the molecule is CCNC(=NCc1ccc(OC)c(C)c1)NCC1CCCS1.I. The molecule has 0 saturated carbocycles. The number of halogens is 1. The number of thioether (sulfide) groups is 1. The van der Waals surface area contributed by atoms with Crippen LogP contribution in [0.5, 0.6) is 5.75 Å². The topological polar surface area (TPSA) is 45.7 Å². The van der Waals surface area contributed by atoms with Crippen LogP contribution in [-0.4, -0.2) is 37.2 Å². The fourth-order valence-electron chi connectivity index (χ4n) is 2.57. The van der Waals surface area contributed by atoms with Gasteiger partial charge in [0.05, 0.1) is 13.7 Å². The molecule has 1 heterocycles. The summed E-state index contributed by atoms with van der Waals surface area (Å²) in [7, 11) is 1.70. The van der Waals surface area contributed by atoms with Gasteiger partial charge in [-0.1, -0.05) is 12.1 Å². The molecule has 4 nitrogen and oxygen atoms in total. The van der Waals surface area contributed by atoms with E-state index in [1.807, 2.05) is 6.07 Å². The predicted octanol–water partition coefficient (Wildman–Crippen LogP) is 3.57. The molecule has 23 heavy (non-hydrogen) atoms. The summed E-state index contributed by atoms with van der Waals surface area (Å²) in [6, 6.07) is 6.22. The maximum Gasteiger partial charge on any atom is 0.191 e. The van der Waals surface area contributed by atoms with Gasteiger partial charge in [0.15, 0.2) is 5.96 Å². The fourth-order valence-corrected chi connectivity index (χ4v) is 3.77. The third-order valence-electron chi connectivity index (χ3n) is 3.74. The third-order valence-corrected chi connectivity index (χ3v) is 5.14. The van der Waals surface area contributed by atoms with Gasteiger partial charge in [-0.3, -0.25) is 0 Å². The quantitative estimate of drug-likeness (QED) is 0.396. The van der Waals surface area contributed by atoms with Crippen LogP contribution in [0.4, 0.5) is 0 Å². The van der Waals surface area contributed by atoms with E-state index in [0.29, 0.717) is 6.54 Å². The first kappa shape index (κ1) is 20.4. The van der Waals surface area contributed by atoms with Crippen molar-refractivity contribution in [2.75, 3.05) is 26.0 Å². The smallest absolute Gasteiger partial charge is 0.191 e. The summed E-state index contributed by atoms with van der Waals surface area (Å²) in [4.78, 5) is 4.69. The number of guanidine groups is 1. The Bertz CT molecular complexity index is 505. The summed E-state index contributed by atoms with van der Waals surface area (Å²) in [5.74, 6) is 3.13. The van der Waals surface area contributed by atoms with E-state index in [2.05, 4.69) is 53.4 Å². The molecular weight excluding hydrogens is 421 g/mol. The highest BCUT2D eigenvalue weighted by Gasteiger charge is 2.15. The Morgan fingerprint density at radius 2 is 2.22 bits per heavy atom. The molecule has 0 aromatic heterocycles. The van der Waals surface area contributed by atoms with Gasteiger partial charge in [-0.25, -0.2) is 4.99 Å². The molecule has 2 N–H and O–H groups in total. The monoisotopic (exact) mass is 449 g/mol. The number of benzene rings is 1. The molecule has 1 unspecified atom stereocenters. The van der Waals surface area contributed by atoms with Crippen molar-refractivity contribution in [1.29, 1.82) is 0 Å². The van der Waals surface area contributed by atoms with Crippen LogP contribution in [0.1, 0.15) is 30.9 Å². The molecule has 1 atom stereocenters. The van der Waals surface area contributed by atoms with Crippen LogP contribution in [-0.2, 0) is 6.54 Å². The minimum atomic E-state index is 0. The first-order valence-electron chi connectivity index (χ1n) is 8.00. The summed E-state index contributed by atoms with van der Waals surface area (Å²) in [5.41, 5.74) is 2.35. The highest BCUT2D eigenvalue weighted by Crippen LogP contribution is 2.25. The zero-order chi connectivity index (χ0) is 15.8. The Morgan fingerprint density at radius 3 is 2.83 bits per heavy atom. The Morgan fingerprint density at radius 1 is 1.39 bits per heavy atom. The first-order valence-corrected chi connectivity index (χ1v) is 9.05. The number of nitrogens with zero attached hydrogens (tertiary/aromatic N) is 1. The molecule has 1 aliphatic heterocycles. The van der Waals surface area contributed by atoms with Gasteiger partial charge in [-0.15, -0.1) is 24.0 Å². The van der Waals surface area contributed by atoms with Gasteiger partial charge in [-0.2, -0.15) is 11.8 Å². The van der Waals surface area contributed by atoms with Crippen LogP contribution < -0.4 is 15.4 Å². The third kappa shape index (κ3) is 6.79. The van der Waals surface area contributed by atoms with Crippen molar-refractivity contribution >= 4 is 41.7 Å². The maximum absolute atomic E-state index is 5.30. The summed E-state index contributed by atoms with van der Waals surface area (Å²) in [6.07, 6.45) is 2.66. The molecule has 2 rings (SSSR count). The van der Waals surface area contributed by atoms with Crippen molar-refractivity contribution < 1.29 is 4.74 Å². The highest BCUT2D eigenvalue weighted by atomic mass is 127. The molecule has 0 amide bonds. The minimum Gasteiger partial charge on any atom is -0.496 e. The van der Waals surface area contributed by atoms with Gasteiger partial charge < -0.3 is 15.4 Å². The predicted molar refractivity (Wildman–Crippen MR) is 111 cm³/mol. The normalized spacial score (nSPS) is 17.5. The number of ether oxygens (including phenoxy) is 1. The average molecular weight is 449 g/mol. The zero-order valence-electron chi connectivity index (χ0n) is 14.2. The van der Waals surface area contributed by atoms with E-state index in [-0.39, 0.29) is 24.0 Å². The number of rotatable bonds is 6. The van der Waals surface area contributed by atoms with E-state index in [4.69, 9.17) is 4.74 Å². The summed E-state index contributed by atoms with van der Waals surface area (Å²) in [6.45, 7) is 6.72. The Balaban J connectivity index is 0.00000264.